The molecule has 2 saturated heterocycles. The van der Waals surface area contributed by atoms with Crippen molar-refractivity contribution in [1.82, 2.24) is 10.2 Å². The van der Waals surface area contributed by atoms with E-state index in [2.05, 4.69) is 37.9 Å². The van der Waals surface area contributed by atoms with Gasteiger partial charge in [-0.15, -0.1) is 0 Å². The molecule has 1 N–H and O–H groups in total. The van der Waals surface area contributed by atoms with E-state index < -0.39 is 0 Å². The summed E-state index contributed by atoms with van der Waals surface area (Å²) in [6.07, 6.45) is 1.24. The van der Waals surface area contributed by atoms with Crippen LogP contribution in [-0.4, -0.2) is 36.5 Å². The first kappa shape index (κ1) is 12.9. The van der Waals surface area contributed by atoms with E-state index in [-0.39, 0.29) is 5.92 Å². The van der Waals surface area contributed by atoms with E-state index >= 15 is 0 Å². The van der Waals surface area contributed by atoms with Crippen molar-refractivity contribution >= 4 is 5.91 Å². The van der Waals surface area contributed by atoms with Gasteiger partial charge in [-0.25, -0.2) is 0 Å². The zero-order chi connectivity index (χ0) is 12.6. The number of hydrogen-bond donors (Lipinski definition) is 1. The smallest absolute Gasteiger partial charge is 0.226 e. The van der Waals surface area contributed by atoms with E-state index in [1.54, 1.807) is 0 Å². The topological polar surface area (TPSA) is 32.3 Å². The summed E-state index contributed by atoms with van der Waals surface area (Å²) < 4.78 is 0. The van der Waals surface area contributed by atoms with Crippen molar-refractivity contribution in [1.29, 1.82) is 0 Å². The largest absolute Gasteiger partial charge is 0.341 e. The van der Waals surface area contributed by atoms with E-state index in [1.807, 2.05) is 0 Å². The van der Waals surface area contributed by atoms with Crippen LogP contribution in [0.5, 0.6) is 0 Å². The van der Waals surface area contributed by atoms with Crippen molar-refractivity contribution < 1.29 is 4.79 Å². The molecule has 0 aliphatic carbocycles. The van der Waals surface area contributed by atoms with Crippen LogP contribution in [0.3, 0.4) is 0 Å². The normalized spacial score (nSPS) is 28.5. The fourth-order valence-corrected chi connectivity index (χ4v) is 3.58. The van der Waals surface area contributed by atoms with E-state index in [4.69, 9.17) is 0 Å². The predicted octanol–water partition coefficient (Wildman–Crippen LogP) is 1.73. The van der Waals surface area contributed by atoms with E-state index in [9.17, 15) is 4.79 Å². The summed E-state index contributed by atoms with van der Waals surface area (Å²) in [6, 6.07) is 0.568. The lowest BCUT2D eigenvalue weighted by Gasteiger charge is -2.29. The molecule has 0 aromatic carbocycles. The maximum absolute atomic E-state index is 12.6. The van der Waals surface area contributed by atoms with Gasteiger partial charge in [-0.2, -0.15) is 0 Å². The summed E-state index contributed by atoms with van der Waals surface area (Å²) in [7, 11) is 0. The maximum atomic E-state index is 12.6. The summed E-state index contributed by atoms with van der Waals surface area (Å²) in [5.74, 6) is 2.16. The third-order valence-electron chi connectivity index (χ3n) is 4.40. The van der Waals surface area contributed by atoms with Crippen molar-refractivity contribution in [2.24, 2.45) is 23.7 Å². The number of likely N-dealkylation sites (tertiary alicyclic amines) is 1. The fraction of sp³-hybridized carbons (Fsp3) is 0.929. The van der Waals surface area contributed by atoms with Gasteiger partial charge < -0.3 is 10.2 Å². The Bertz CT molecular complexity index is 268. The maximum Gasteiger partial charge on any atom is 0.226 e. The zero-order valence-corrected chi connectivity index (χ0v) is 11.6. The lowest BCUT2D eigenvalue weighted by atomic mass is 9.84. The first-order chi connectivity index (χ1) is 8.00. The molecule has 2 heterocycles. The van der Waals surface area contributed by atoms with Crippen LogP contribution in [0.2, 0.25) is 0 Å². The third-order valence-corrected chi connectivity index (χ3v) is 4.40. The molecular weight excluding hydrogens is 212 g/mol. The van der Waals surface area contributed by atoms with Crippen molar-refractivity contribution in [2.75, 3.05) is 19.6 Å². The van der Waals surface area contributed by atoms with Gasteiger partial charge in [0.25, 0.3) is 0 Å². The third kappa shape index (κ3) is 2.49. The number of amides is 1. The molecule has 2 aliphatic heterocycles. The first-order valence-electron chi connectivity index (χ1n) is 7.03. The van der Waals surface area contributed by atoms with Crippen LogP contribution < -0.4 is 5.32 Å². The Balaban J connectivity index is 2.00. The van der Waals surface area contributed by atoms with E-state index in [1.165, 1.54) is 6.42 Å². The van der Waals surface area contributed by atoms with Gasteiger partial charge in [0.05, 0.1) is 0 Å². The number of rotatable bonds is 3. The molecule has 0 bridgehead atoms. The Morgan fingerprint density at radius 3 is 2.35 bits per heavy atom. The quantitative estimate of drug-likeness (QED) is 0.812. The van der Waals surface area contributed by atoms with Gasteiger partial charge >= 0.3 is 0 Å². The Kier molecular flexibility index (Phi) is 3.76. The second-order valence-electron chi connectivity index (χ2n) is 6.37. The summed E-state index contributed by atoms with van der Waals surface area (Å²) in [5.41, 5.74) is 0. The highest BCUT2D eigenvalue weighted by molar-refractivity contribution is 5.79. The molecular formula is C14H26N2O. The summed E-state index contributed by atoms with van der Waals surface area (Å²) in [5, 5.41) is 3.51. The van der Waals surface area contributed by atoms with Gasteiger partial charge in [0.15, 0.2) is 0 Å². The van der Waals surface area contributed by atoms with Gasteiger partial charge in [0.1, 0.15) is 0 Å². The van der Waals surface area contributed by atoms with Crippen LogP contribution in [0.25, 0.3) is 0 Å². The summed E-state index contributed by atoms with van der Waals surface area (Å²) in [4.78, 5) is 14.7. The Morgan fingerprint density at radius 2 is 1.82 bits per heavy atom. The minimum atomic E-state index is 0.189. The van der Waals surface area contributed by atoms with Crippen LogP contribution in [0.15, 0.2) is 0 Å². The number of hydrogen-bond acceptors (Lipinski definition) is 2. The number of carbonyl (C=O) groups excluding carboxylic acids is 1. The van der Waals surface area contributed by atoms with Crippen LogP contribution in [0, 0.1) is 23.7 Å². The van der Waals surface area contributed by atoms with Crippen LogP contribution in [-0.2, 0) is 4.79 Å². The Morgan fingerprint density at radius 1 is 1.18 bits per heavy atom. The molecule has 0 unspecified atom stereocenters. The molecule has 2 fully saturated rings. The van der Waals surface area contributed by atoms with Crippen LogP contribution >= 0.6 is 0 Å². The standard InChI is InChI=1S/C14H26N2O/c1-9(2)13(10(3)4)14(17)16-7-11-5-6-15-12(11)8-16/h9-13,15H,5-8H2,1-4H3/t11-,12+/m0/s1. The van der Waals surface area contributed by atoms with E-state index in [0.717, 1.165) is 19.6 Å². The molecule has 3 heteroatoms. The van der Waals surface area contributed by atoms with Crippen LogP contribution in [0.1, 0.15) is 34.1 Å². The second kappa shape index (κ2) is 4.97. The molecule has 1 amide bonds. The van der Waals surface area contributed by atoms with Gasteiger partial charge in [-0.05, 0) is 30.7 Å². The molecule has 0 aromatic rings. The van der Waals surface area contributed by atoms with Crippen molar-refractivity contribution in [2.45, 2.75) is 40.2 Å². The van der Waals surface area contributed by atoms with Gasteiger partial charge in [0, 0.05) is 25.0 Å². The van der Waals surface area contributed by atoms with Crippen molar-refractivity contribution in [3.63, 3.8) is 0 Å². The fourth-order valence-electron chi connectivity index (χ4n) is 3.58. The average molecular weight is 238 g/mol. The van der Waals surface area contributed by atoms with Crippen LogP contribution in [0.4, 0.5) is 0 Å². The zero-order valence-electron chi connectivity index (χ0n) is 11.6. The number of fused-ring (bicyclic) bond motifs is 1. The highest BCUT2D eigenvalue weighted by atomic mass is 16.2. The molecule has 2 atom stereocenters. The molecule has 0 radical (unpaired) electrons. The van der Waals surface area contributed by atoms with Gasteiger partial charge in [-0.1, -0.05) is 27.7 Å². The minimum Gasteiger partial charge on any atom is -0.341 e. The Labute approximate surface area is 105 Å². The number of carbonyl (C=O) groups is 1. The molecule has 2 aliphatic rings. The predicted molar refractivity (Wildman–Crippen MR) is 69.6 cm³/mol. The SMILES string of the molecule is CC(C)C(C(=O)N1C[C@@H]2CCN[C@@H]2C1)C(C)C. The van der Waals surface area contributed by atoms with Crippen molar-refractivity contribution in [3.05, 3.63) is 0 Å². The van der Waals surface area contributed by atoms with Gasteiger partial charge in [0.2, 0.25) is 5.91 Å². The molecule has 3 nitrogen and oxygen atoms in total. The molecule has 17 heavy (non-hydrogen) atoms. The second-order valence-corrected chi connectivity index (χ2v) is 6.37. The molecule has 0 saturated carbocycles. The molecule has 98 valence electrons. The average Bonchev–Trinajstić information content (AvgIpc) is 2.74. The summed E-state index contributed by atoms with van der Waals surface area (Å²) >= 11 is 0. The van der Waals surface area contributed by atoms with Crippen molar-refractivity contribution in [3.8, 4) is 0 Å². The lowest BCUT2D eigenvalue weighted by molar-refractivity contribution is -0.137. The number of nitrogens with zero attached hydrogens (tertiary/aromatic N) is 1. The highest BCUT2D eigenvalue weighted by Gasteiger charge is 2.40. The monoisotopic (exact) mass is 238 g/mol. The first-order valence-corrected chi connectivity index (χ1v) is 7.03. The van der Waals surface area contributed by atoms with E-state index in [0.29, 0.717) is 29.7 Å². The van der Waals surface area contributed by atoms with Gasteiger partial charge in [-0.3, -0.25) is 4.79 Å². The number of nitrogens with one attached hydrogen (secondary N) is 1. The molecule has 0 spiro atoms. The molecule has 0 aromatic heterocycles. The lowest BCUT2D eigenvalue weighted by Crippen LogP contribution is -2.41. The molecule has 2 rings (SSSR count). The Hall–Kier alpha value is -0.570. The summed E-state index contributed by atoms with van der Waals surface area (Å²) in [6.45, 7) is 11.7. The highest BCUT2D eigenvalue weighted by Crippen LogP contribution is 2.29. The minimum absolute atomic E-state index is 0.189.